The van der Waals surface area contributed by atoms with Gasteiger partial charge in [-0.05, 0) is 160 Å². The second-order valence-corrected chi connectivity index (χ2v) is 23.8. The molecule has 0 saturated carbocycles. The number of aromatic hydroxyl groups is 1. The number of aliphatic carboxylic acids is 4. The van der Waals surface area contributed by atoms with Gasteiger partial charge < -0.3 is 25.5 Å². The van der Waals surface area contributed by atoms with Crippen LogP contribution >= 0.6 is 0 Å². The van der Waals surface area contributed by atoms with Crippen LogP contribution in [0.5, 0.6) is 5.75 Å². The molecule has 0 bridgehead atoms. The Balaban J connectivity index is 0.000000452. The van der Waals surface area contributed by atoms with Crippen molar-refractivity contribution in [1.29, 1.82) is 0 Å². The summed E-state index contributed by atoms with van der Waals surface area (Å²) >= 11 is 0. The maximum absolute atomic E-state index is 13.7. The summed E-state index contributed by atoms with van der Waals surface area (Å²) in [4.78, 5) is 53.3. The van der Waals surface area contributed by atoms with Crippen LogP contribution in [0.4, 0.5) is 0 Å². The first-order chi connectivity index (χ1) is 28.5. The lowest BCUT2D eigenvalue weighted by Crippen LogP contribution is -2.71. The van der Waals surface area contributed by atoms with Gasteiger partial charge in [0, 0.05) is 28.6 Å². The van der Waals surface area contributed by atoms with Gasteiger partial charge in [0.05, 0.1) is 5.41 Å². The fourth-order valence-corrected chi connectivity index (χ4v) is 11.4. The summed E-state index contributed by atoms with van der Waals surface area (Å²) in [7, 11) is 4.37. The van der Waals surface area contributed by atoms with Crippen molar-refractivity contribution in [3.05, 3.63) is 28.8 Å². The second-order valence-electron chi connectivity index (χ2n) is 23.8. The van der Waals surface area contributed by atoms with Crippen molar-refractivity contribution in [2.75, 3.05) is 14.1 Å². The highest BCUT2D eigenvalue weighted by Gasteiger charge is 2.64. The average Bonchev–Trinajstić information content (AvgIpc) is 3.13. The topological polar surface area (TPSA) is 176 Å². The molecule has 2 fully saturated rings. The molecule has 11 nitrogen and oxygen atoms in total. The van der Waals surface area contributed by atoms with Crippen LogP contribution in [0.3, 0.4) is 0 Å². The Labute approximate surface area is 381 Å². The summed E-state index contributed by atoms with van der Waals surface area (Å²) in [6.07, 6.45) is 10.3. The number of rotatable bonds is 18. The Kier molecular flexibility index (Phi) is 18.3. The summed E-state index contributed by atoms with van der Waals surface area (Å²) in [6.45, 7) is 31.9. The standard InChI is InChI=1S/C30H56N2O4.C22H34O5/c1-26(2)20-17-22(28(5,6)31(26)9)30(25(35)36,19-15-13-11-12-14-16-24(33)34)23-18-21-27(3,4)32(10)29(23,7)8;1-8-9-10-22(18(24)25,19(26)27)13-14-11-15(20(2,3)4)17(23)16(12-14)21(5,6)7/h22-23H,11-21H2,1-10H3,(H,33,34)(H,35,36);11-12,23H,8-10,13H2,1-7H3,(H,24,25)(H,26,27). The van der Waals surface area contributed by atoms with Crippen molar-refractivity contribution in [1.82, 2.24) is 9.80 Å². The van der Waals surface area contributed by atoms with Crippen LogP contribution in [-0.4, -0.2) is 95.5 Å². The van der Waals surface area contributed by atoms with E-state index in [1.807, 2.05) is 48.5 Å². The third-order valence-corrected chi connectivity index (χ3v) is 16.0. The van der Waals surface area contributed by atoms with E-state index in [-0.39, 0.29) is 69.8 Å². The van der Waals surface area contributed by atoms with Gasteiger partial charge in [-0.3, -0.25) is 29.0 Å². The number of hydrogen-bond acceptors (Lipinski definition) is 7. The summed E-state index contributed by atoms with van der Waals surface area (Å²) in [5, 5.41) is 50.5. The van der Waals surface area contributed by atoms with Crippen LogP contribution in [0.1, 0.15) is 210 Å². The normalized spacial score (nSPS) is 22.3. The van der Waals surface area contributed by atoms with E-state index in [1.54, 1.807) is 12.1 Å². The van der Waals surface area contributed by atoms with Crippen LogP contribution in [0, 0.1) is 22.7 Å². The van der Waals surface area contributed by atoms with Gasteiger partial charge in [-0.2, -0.15) is 0 Å². The number of phenolic OH excluding ortho intramolecular Hbond substituents is 1. The molecule has 2 aliphatic heterocycles. The molecule has 0 aromatic heterocycles. The molecule has 1 aromatic carbocycles. The molecule has 11 heteroatoms. The summed E-state index contributed by atoms with van der Waals surface area (Å²) in [5.74, 6) is -3.69. The molecule has 2 saturated heterocycles. The first-order valence-electron chi connectivity index (χ1n) is 23.8. The lowest BCUT2D eigenvalue weighted by atomic mass is 9.49. The van der Waals surface area contributed by atoms with Crippen molar-refractivity contribution in [3.63, 3.8) is 0 Å². The number of unbranched alkanes of at least 4 members (excludes halogenated alkanes) is 5. The molecular formula is C52H90N2O9. The number of nitrogens with zero attached hydrogens (tertiary/aromatic N) is 2. The molecule has 2 aliphatic rings. The van der Waals surface area contributed by atoms with E-state index >= 15 is 0 Å². The first-order valence-corrected chi connectivity index (χ1v) is 23.8. The fourth-order valence-electron chi connectivity index (χ4n) is 11.4. The van der Waals surface area contributed by atoms with Gasteiger partial charge in [0.1, 0.15) is 5.75 Å². The molecule has 5 N–H and O–H groups in total. The molecule has 0 aliphatic carbocycles. The molecule has 0 amide bonds. The number of piperidine rings is 2. The highest BCUT2D eigenvalue weighted by atomic mass is 16.4. The minimum absolute atomic E-state index is 0.0370. The zero-order valence-corrected chi connectivity index (χ0v) is 42.7. The number of carbonyl (C=O) groups is 4. The van der Waals surface area contributed by atoms with Gasteiger partial charge >= 0.3 is 23.9 Å². The smallest absolute Gasteiger partial charge is 0.321 e. The lowest BCUT2D eigenvalue weighted by Gasteiger charge is -2.65. The predicted molar refractivity (Wildman–Crippen MR) is 254 cm³/mol. The zero-order chi connectivity index (χ0) is 48.9. The van der Waals surface area contributed by atoms with Gasteiger partial charge in [0.2, 0.25) is 0 Å². The van der Waals surface area contributed by atoms with Crippen LogP contribution in [0.25, 0.3) is 0 Å². The average molecular weight is 887 g/mol. The second kappa shape index (κ2) is 20.6. The maximum atomic E-state index is 13.7. The van der Waals surface area contributed by atoms with E-state index in [9.17, 15) is 39.6 Å². The molecule has 2 atom stereocenters. The third-order valence-electron chi connectivity index (χ3n) is 16.0. The van der Waals surface area contributed by atoms with E-state index in [2.05, 4.69) is 79.3 Å². The van der Waals surface area contributed by atoms with E-state index in [0.717, 1.165) is 57.8 Å². The Hall–Kier alpha value is -3.18. The van der Waals surface area contributed by atoms with Crippen molar-refractivity contribution < 1.29 is 44.7 Å². The summed E-state index contributed by atoms with van der Waals surface area (Å²) in [5.41, 5.74) is -1.80. The van der Waals surface area contributed by atoms with E-state index < -0.39 is 34.7 Å². The van der Waals surface area contributed by atoms with Gasteiger partial charge in [0.25, 0.3) is 0 Å². The number of likely N-dealkylation sites (tertiary alicyclic amines) is 2. The molecule has 63 heavy (non-hydrogen) atoms. The highest BCUT2D eigenvalue weighted by Crippen LogP contribution is 2.60. The third kappa shape index (κ3) is 12.4. The van der Waals surface area contributed by atoms with Crippen LogP contribution in [0.15, 0.2) is 12.1 Å². The largest absolute Gasteiger partial charge is 0.507 e. The molecule has 2 heterocycles. The Morgan fingerprint density at radius 1 is 0.619 bits per heavy atom. The molecule has 0 radical (unpaired) electrons. The van der Waals surface area contributed by atoms with Gasteiger partial charge in [-0.1, -0.05) is 99.1 Å². The lowest BCUT2D eigenvalue weighted by molar-refractivity contribution is -0.193. The Morgan fingerprint density at radius 3 is 1.37 bits per heavy atom. The highest BCUT2D eigenvalue weighted by molar-refractivity contribution is 5.98. The molecule has 3 rings (SSSR count). The quantitative estimate of drug-likeness (QED) is 0.0700. The number of carboxylic acids is 4. The van der Waals surface area contributed by atoms with Crippen LogP contribution in [0.2, 0.25) is 0 Å². The number of hydrogen-bond donors (Lipinski definition) is 5. The minimum atomic E-state index is -1.86. The molecular weight excluding hydrogens is 797 g/mol. The fraction of sp³-hybridized carbons (Fsp3) is 0.808. The SMILES string of the molecule is CCCCC(Cc1cc(C(C)(C)C)c(O)c(C(C)(C)C)c1)(C(=O)O)C(=O)O.CN1C(C)(C)CCC(C(CCCCCCCC(=O)O)(C(=O)O)C2CCC(C)(C)N(C)C2(C)C)C1(C)C. The van der Waals surface area contributed by atoms with E-state index in [0.29, 0.717) is 36.0 Å². The number of carboxylic acid groups (broad SMARTS) is 4. The van der Waals surface area contributed by atoms with Gasteiger partial charge in [-0.15, -0.1) is 0 Å². The zero-order valence-electron chi connectivity index (χ0n) is 42.7. The first kappa shape index (κ1) is 56.0. The molecule has 2 unspecified atom stereocenters. The van der Waals surface area contributed by atoms with Crippen molar-refractivity contribution >= 4 is 23.9 Å². The van der Waals surface area contributed by atoms with Crippen molar-refractivity contribution in [3.8, 4) is 5.75 Å². The summed E-state index contributed by atoms with van der Waals surface area (Å²) < 4.78 is 0. The predicted octanol–water partition coefficient (Wildman–Crippen LogP) is 11.5. The molecule has 1 aromatic rings. The Bertz CT molecular complexity index is 1650. The molecule has 0 spiro atoms. The number of phenols is 1. The Morgan fingerprint density at radius 2 is 1.02 bits per heavy atom. The monoisotopic (exact) mass is 887 g/mol. The number of benzene rings is 1. The minimum Gasteiger partial charge on any atom is -0.507 e. The van der Waals surface area contributed by atoms with Crippen LogP contribution < -0.4 is 0 Å². The molecule has 362 valence electrons. The van der Waals surface area contributed by atoms with Crippen molar-refractivity contribution in [2.24, 2.45) is 22.7 Å². The van der Waals surface area contributed by atoms with E-state index in [4.69, 9.17) is 5.11 Å². The van der Waals surface area contributed by atoms with Crippen LogP contribution in [-0.2, 0) is 36.4 Å². The maximum Gasteiger partial charge on any atom is 0.321 e. The summed E-state index contributed by atoms with van der Waals surface area (Å²) in [6, 6.07) is 3.52. The van der Waals surface area contributed by atoms with E-state index in [1.165, 1.54) is 0 Å². The van der Waals surface area contributed by atoms with Gasteiger partial charge in [0.15, 0.2) is 5.41 Å². The van der Waals surface area contributed by atoms with Gasteiger partial charge in [-0.25, -0.2) is 0 Å². The van der Waals surface area contributed by atoms with Crippen molar-refractivity contribution in [2.45, 2.75) is 233 Å².